The molecule has 0 aliphatic carbocycles. The average molecular weight is 421 g/mol. The molecule has 1 aromatic carbocycles. The molecule has 1 atom stereocenters. The molecule has 0 spiro atoms. The van der Waals surface area contributed by atoms with Crippen LogP contribution in [0.1, 0.15) is 16.7 Å². The maximum atomic E-state index is 12.6. The van der Waals surface area contributed by atoms with Gasteiger partial charge in [0.05, 0.1) is 20.0 Å². The molecule has 0 bridgehead atoms. The number of Topliss-reactive ketones (excluding diaryl/α,β-unsaturated/α-hetero) is 1. The fraction of sp³-hybridized carbons (Fsp3) is 0.0556. The SMILES string of the molecule is N=C1SC(=Cc2ccc(-c3ccc(Cl)c(Cl)c3)o2)C(=O)C1c1nccs1. The minimum atomic E-state index is -0.601. The molecule has 1 fully saturated rings. The number of aromatic nitrogens is 1. The fourth-order valence-corrected chi connectivity index (χ4v) is 4.64. The number of hydrogen-bond donors (Lipinski definition) is 1. The van der Waals surface area contributed by atoms with E-state index in [1.165, 1.54) is 11.3 Å². The molecule has 0 saturated carbocycles. The van der Waals surface area contributed by atoms with E-state index in [4.69, 9.17) is 33.0 Å². The highest BCUT2D eigenvalue weighted by atomic mass is 35.5. The first-order valence-electron chi connectivity index (χ1n) is 7.50. The smallest absolute Gasteiger partial charge is 0.186 e. The van der Waals surface area contributed by atoms with Gasteiger partial charge in [0.2, 0.25) is 0 Å². The summed E-state index contributed by atoms with van der Waals surface area (Å²) in [6.07, 6.45) is 3.30. The molecule has 130 valence electrons. The van der Waals surface area contributed by atoms with Crippen molar-refractivity contribution >= 4 is 63.2 Å². The van der Waals surface area contributed by atoms with E-state index < -0.39 is 5.92 Å². The Morgan fingerprint density at radius 2 is 2.04 bits per heavy atom. The first-order valence-corrected chi connectivity index (χ1v) is 9.95. The highest BCUT2D eigenvalue weighted by Crippen LogP contribution is 2.41. The van der Waals surface area contributed by atoms with Crippen LogP contribution in [0.25, 0.3) is 17.4 Å². The number of nitrogens with one attached hydrogen (secondary N) is 1. The molecule has 1 saturated heterocycles. The lowest BCUT2D eigenvalue weighted by Gasteiger charge is -2.01. The molecule has 4 nitrogen and oxygen atoms in total. The summed E-state index contributed by atoms with van der Waals surface area (Å²) in [5.74, 6) is 0.435. The molecule has 1 aliphatic rings. The predicted molar refractivity (Wildman–Crippen MR) is 107 cm³/mol. The van der Waals surface area contributed by atoms with Crippen LogP contribution in [0, 0.1) is 5.41 Å². The molecular weight excluding hydrogens is 411 g/mol. The Morgan fingerprint density at radius 1 is 1.19 bits per heavy atom. The maximum Gasteiger partial charge on any atom is 0.186 e. The third-order valence-electron chi connectivity index (χ3n) is 3.79. The highest BCUT2D eigenvalue weighted by Gasteiger charge is 2.38. The first kappa shape index (κ1) is 17.5. The number of carbonyl (C=O) groups excluding carboxylic acids is 1. The van der Waals surface area contributed by atoms with E-state index in [2.05, 4.69) is 4.98 Å². The van der Waals surface area contributed by atoms with Crippen molar-refractivity contribution in [2.45, 2.75) is 5.92 Å². The predicted octanol–water partition coefficient (Wildman–Crippen LogP) is 6.13. The van der Waals surface area contributed by atoms with E-state index in [0.29, 0.717) is 31.5 Å². The number of rotatable bonds is 3. The maximum absolute atomic E-state index is 12.6. The molecule has 1 N–H and O–H groups in total. The summed E-state index contributed by atoms with van der Waals surface area (Å²) in [7, 11) is 0. The lowest BCUT2D eigenvalue weighted by molar-refractivity contribution is -0.114. The molecule has 0 radical (unpaired) electrons. The lowest BCUT2D eigenvalue weighted by atomic mass is 10.1. The van der Waals surface area contributed by atoms with Crippen molar-refractivity contribution in [3.05, 3.63) is 67.6 Å². The molecule has 1 aliphatic heterocycles. The number of allylic oxidation sites excluding steroid dienone is 1. The van der Waals surface area contributed by atoms with Crippen LogP contribution in [-0.4, -0.2) is 15.8 Å². The number of nitrogens with zero attached hydrogens (tertiary/aromatic N) is 1. The fourth-order valence-electron chi connectivity index (χ4n) is 2.56. The topological polar surface area (TPSA) is 67.0 Å². The van der Waals surface area contributed by atoms with Gasteiger partial charge >= 0.3 is 0 Å². The van der Waals surface area contributed by atoms with Gasteiger partial charge in [-0.2, -0.15) is 0 Å². The number of benzene rings is 1. The molecule has 3 aromatic rings. The molecule has 4 rings (SSSR count). The molecule has 2 aromatic heterocycles. The monoisotopic (exact) mass is 420 g/mol. The molecule has 1 unspecified atom stereocenters. The van der Waals surface area contributed by atoms with Crippen molar-refractivity contribution in [3.63, 3.8) is 0 Å². The summed E-state index contributed by atoms with van der Waals surface area (Å²) in [6, 6.07) is 8.83. The van der Waals surface area contributed by atoms with Crippen LogP contribution in [0.3, 0.4) is 0 Å². The van der Waals surface area contributed by atoms with E-state index in [0.717, 1.165) is 17.3 Å². The van der Waals surface area contributed by atoms with Gasteiger partial charge in [-0.05, 0) is 36.4 Å². The molecule has 0 amide bonds. The number of thiazole rings is 1. The van der Waals surface area contributed by atoms with Gasteiger partial charge in [-0.15, -0.1) is 11.3 Å². The average Bonchev–Trinajstić information content (AvgIpc) is 3.33. The second-order valence-corrected chi connectivity index (χ2v) is 8.30. The normalized spacial score (nSPS) is 18.8. The van der Waals surface area contributed by atoms with Crippen LogP contribution in [0.4, 0.5) is 0 Å². The zero-order chi connectivity index (χ0) is 18.3. The van der Waals surface area contributed by atoms with Crippen LogP contribution in [0.15, 0.2) is 51.2 Å². The molecule has 26 heavy (non-hydrogen) atoms. The number of thioether (sulfide) groups is 1. The van der Waals surface area contributed by atoms with E-state index in [9.17, 15) is 4.79 Å². The van der Waals surface area contributed by atoms with E-state index in [-0.39, 0.29) is 10.8 Å². The summed E-state index contributed by atoms with van der Waals surface area (Å²) < 4.78 is 5.81. The van der Waals surface area contributed by atoms with Gasteiger partial charge in [0.15, 0.2) is 5.78 Å². The van der Waals surface area contributed by atoms with Crippen molar-refractivity contribution in [2.75, 3.05) is 0 Å². The van der Waals surface area contributed by atoms with Crippen molar-refractivity contribution in [1.82, 2.24) is 4.98 Å². The van der Waals surface area contributed by atoms with Crippen molar-refractivity contribution in [2.24, 2.45) is 0 Å². The molecule has 3 heterocycles. The first-order chi connectivity index (χ1) is 12.5. The number of hydrogen-bond acceptors (Lipinski definition) is 6. The van der Waals surface area contributed by atoms with Gasteiger partial charge in [0, 0.05) is 17.1 Å². The van der Waals surface area contributed by atoms with Gasteiger partial charge in [-0.25, -0.2) is 4.98 Å². The number of furan rings is 1. The van der Waals surface area contributed by atoms with Gasteiger partial charge in [-0.3, -0.25) is 10.2 Å². The van der Waals surface area contributed by atoms with Crippen LogP contribution in [-0.2, 0) is 4.79 Å². The minimum Gasteiger partial charge on any atom is -0.457 e. The van der Waals surface area contributed by atoms with E-state index in [1.807, 2.05) is 6.07 Å². The Kier molecular flexibility index (Phi) is 4.75. The largest absolute Gasteiger partial charge is 0.457 e. The van der Waals surface area contributed by atoms with Crippen LogP contribution in [0.5, 0.6) is 0 Å². The Balaban J connectivity index is 1.61. The third kappa shape index (κ3) is 3.25. The van der Waals surface area contributed by atoms with Crippen molar-refractivity contribution in [1.29, 1.82) is 5.41 Å². The standard InChI is InChI=1S/C18H10Cl2N2O2S2/c19-11-3-1-9(7-12(11)20)13-4-2-10(24-13)8-14-16(23)15(17(21)26-14)18-22-5-6-25-18/h1-8,15,21H. The Labute approximate surface area is 167 Å². The molecule has 8 heteroatoms. The van der Waals surface area contributed by atoms with Gasteiger partial charge in [-0.1, -0.05) is 35.0 Å². The van der Waals surface area contributed by atoms with Crippen molar-refractivity contribution in [3.8, 4) is 11.3 Å². The van der Waals surface area contributed by atoms with Crippen molar-refractivity contribution < 1.29 is 9.21 Å². The number of carbonyl (C=O) groups is 1. The summed E-state index contributed by atoms with van der Waals surface area (Å²) in [4.78, 5) is 17.3. The summed E-state index contributed by atoms with van der Waals surface area (Å²) in [5.41, 5.74) is 0.794. The molecular formula is C18H10Cl2N2O2S2. The second kappa shape index (κ2) is 7.04. The highest BCUT2D eigenvalue weighted by molar-refractivity contribution is 8.19. The quantitative estimate of drug-likeness (QED) is 0.517. The minimum absolute atomic E-state index is 0.123. The zero-order valence-corrected chi connectivity index (χ0v) is 16.2. The number of halogens is 2. The van der Waals surface area contributed by atoms with Crippen LogP contribution >= 0.6 is 46.3 Å². The van der Waals surface area contributed by atoms with Crippen LogP contribution < -0.4 is 0 Å². The van der Waals surface area contributed by atoms with Gasteiger partial charge in [0.1, 0.15) is 22.4 Å². The summed E-state index contributed by atoms with van der Waals surface area (Å²) in [6.45, 7) is 0. The zero-order valence-electron chi connectivity index (χ0n) is 13.0. The Hall–Kier alpha value is -1.86. The lowest BCUT2D eigenvalue weighted by Crippen LogP contribution is -2.11. The summed E-state index contributed by atoms with van der Waals surface area (Å²) >= 11 is 14.5. The van der Waals surface area contributed by atoms with Gasteiger partial charge < -0.3 is 4.42 Å². The van der Waals surface area contributed by atoms with Gasteiger partial charge in [0.25, 0.3) is 0 Å². The number of ketones is 1. The third-order valence-corrected chi connectivity index (χ3v) is 6.36. The summed E-state index contributed by atoms with van der Waals surface area (Å²) in [5, 5.41) is 11.8. The second-order valence-electron chi connectivity index (χ2n) is 5.47. The Morgan fingerprint density at radius 3 is 2.77 bits per heavy atom. The van der Waals surface area contributed by atoms with E-state index in [1.54, 1.807) is 41.9 Å². The Bertz CT molecular complexity index is 1040. The van der Waals surface area contributed by atoms with Crippen LogP contribution in [0.2, 0.25) is 10.0 Å². The van der Waals surface area contributed by atoms with E-state index >= 15 is 0 Å².